The first-order valence-electron chi connectivity index (χ1n) is 13.6. The minimum Gasteiger partial charge on any atom is -0.377 e. The third-order valence-corrected chi connectivity index (χ3v) is 8.18. The number of hydrogen-bond donors (Lipinski definition) is 0. The predicted molar refractivity (Wildman–Crippen MR) is 145 cm³/mol. The van der Waals surface area contributed by atoms with Crippen molar-refractivity contribution in [2.24, 2.45) is 5.92 Å². The van der Waals surface area contributed by atoms with E-state index in [1.807, 2.05) is 20.0 Å². The topological polar surface area (TPSA) is 67.2 Å². The fourth-order valence-electron chi connectivity index (χ4n) is 5.96. The molecule has 0 spiro atoms. The zero-order valence-corrected chi connectivity index (χ0v) is 22.7. The van der Waals surface area contributed by atoms with Crippen molar-refractivity contribution in [1.29, 1.82) is 0 Å². The highest BCUT2D eigenvalue weighted by atomic mass is 19.1. The summed E-state index contributed by atoms with van der Waals surface area (Å²) in [5, 5.41) is 0. The van der Waals surface area contributed by atoms with E-state index in [0.717, 1.165) is 42.7 Å². The van der Waals surface area contributed by atoms with Gasteiger partial charge in [0.1, 0.15) is 17.9 Å². The quantitative estimate of drug-likeness (QED) is 0.403. The van der Waals surface area contributed by atoms with E-state index in [1.54, 1.807) is 11.0 Å². The summed E-state index contributed by atoms with van der Waals surface area (Å²) >= 11 is 0. The summed E-state index contributed by atoms with van der Waals surface area (Å²) in [4.78, 5) is 33.5. The number of likely N-dealkylation sites (tertiary alicyclic amines) is 1. The first kappa shape index (κ1) is 26.5. The standard InChI is InChI=1S/C30H37FN4O3/c1-19(2)28(6-5-10-36)33-15-23(16-33)22-12-26(29-14-32-21(4)35(29)17-22)25-8-7-24(31)13-27(25)30(37)34-9-11-38-18-20(34)3/h7-8,10,12-14,17,19-20,23,28H,5-6,9,11,15-16,18H2,1-4H3/t20-,28-/m1/s1. The van der Waals surface area contributed by atoms with Crippen molar-refractivity contribution in [1.82, 2.24) is 19.2 Å². The number of hydrogen-bond acceptors (Lipinski definition) is 5. The highest BCUT2D eigenvalue weighted by Gasteiger charge is 2.35. The van der Waals surface area contributed by atoms with Crippen LogP contribution >= 0.6 is 0 Å². The number of carbonyl (C=O) groups excluding carboxylic acids is 2. The van der Waals surface area contributed by atoms with Crippen molar-refractivity contribution in [2.45, 2.75) is 58.5 Å². The number of aromatic nitrogens is 2. The molecule has 1 aromatic carbocycles. The lowest BCUT2D eigenvalue weighted by molar-refractivity contribution is -0.108. The van der Waals surface area contributed by atoms with Gasteiger partial charge in [-0.3, -0.25) is 9.69 Å². The van der Waals surface area contributed by atoms with Crippen LogP contribution in [-0.2, 0) is 9.53 Å². The monoisotopic (exact) mass is 520 g/mol. The molecule has 0 bridgehead atoms. The van der Waals surface area contributed by atoms with Gasteiger partial charge in [-0.2, -0.15) is 0 Å². The van der Waals surface area contributed by atoms with Gasteiger partial charge in [0.2, 0.25) is 0 Å². The van der Waals surface area contributed by atoms with Gasteiger partial charge in [-0.15, -0.1) is 0 Å². The number of carbonyl (C=O) groups is 2. The summed E-state index contributed by atoms with van der Waals surface area (Å²) < 4.78 is 22.1. The van der Waals surface area contributed by atoms with Gasteiger partial charge in [0.05, 0.1) is 36.5 Å². The van der Waals surface area contributed by atoms with Crippen molar-refractivity contribution in [3.63, 3.8) is 0 Å². The number of imidazole rings is 1. The van der Waals surface area contributed by atoms with Crippen LogP contribution in [0.3, 0.4) is 0 Å². The van der Waals surface area contributed by atoms with Gasteiger partial charge in [0.25, 0.3) is 5.91 Å². The van der Waals surface area contributed by atoms with E-state index in [-0.39, 0.29) is 11.9 Å². The van der Waals surface area contributed by atoms with Crippen molar-refractivity contribution >= 4 is 17.7 Å². The first-order chi connectivity index (χ1) is 18.3. The Kier molecular flexibility index (Phi) is 7.63. The number of halogens is 1. The van der Waals surface area contributed by atoms with Gasteiger partial charge in [0, 0.05) is 49.8 Å². The second kappa shape index (κ2) is 10.9. The maximum Gasteiger partial charge on any atom is 0.254 e. The number of ether oxygens (including phenoxy) is 1. The molecule has 2 aliphatic heterocycles. The van der Waals surface area contributed by atoms with Crippen LogP contribution in [0.25, 0.3) is 16.6 Å². The minimum atomic E-state index is -0.431. The van der Waals surface area contributed by atoms with Gasteiger partial charge in [-0.05, 0) is 55.5 Å². The molecule has 5 rings (SSSR count). The molecule has 2 atom stereocenters. The molecule has 0 radical (unpaired) electrons. The van der Waals surface area contributed by atoms with Crippen molar-refractivity contribution in [3.05, 3.63) is 59.4 Å². The Morgan fingerprint density at radius 1 is 1.24 bits per heavy atom. The highest BCUT2D eigenvalue weighted by molar-refractivity contribution is 6.03. The van der Waals surface area contributed by atoms with Crippen LogP contribution in [0.5, 0.6) is 0 Å². The zero-order valence-electron chi connectivity index (χ0n) is 22.7. The Hall–Kier alpha value is -3.10. The average molecular weight is 521 g/mol. The number of pyridine rings is 1. The fourth-order valence-corrected chi connectivity index (χ4v) is 5.96. The molecular weight excluding hydrogens is 483 g/mol. The summed E-state index contributed by atoms with van der Waals surface area (Å²) in [5.74, 6) is 1.05. The number of rotatable bonds is 8. The van der Waals surface area contributed by atoms with Crippen LogP contribution in [0, 0.1) is 18.7 Å². The van der Waals surface area contributed by atoms with E-state index in [4.69, 9.17) is 4.74 Å². The molecule has 2 fully saturated rings. The van der Waals surface area contributed by atoms with E-state index in [2.05, 4.69) is 40.4 Å². The molecule has 1 amide bonds. The highest BCUT2D eigenvalue weighted by Crippen LogP contribution is 2.37. The smallest absolute Gasteiger partial charge is 0.254 e. The van der Waals surface area contributed by atoms with Crippen molar-refractivity contribution < 1.29 is 18.7 Å². The van der Waals surface area contributed by atoms with E-state index in [0.29, 0.717) is 55.2 Å². The first-order valence-corrected chi connectivity index (χ1v) is 13.6. The molecular formula is C30H37FN4O3. The second-order valence-corrected chi connectivity index (χ2v) is 11.1. The molecule has 0 saturated carbocycles. The summed E-state index contributed by atoms with van der Waals surface area (Å²) in [6.45, 7) is 11.6. The maximum absolute atomic E-state index is 14.5. The van der Waals surface area contributed by atoms with Gasteiger partial charge in [0.15, 0.2) is 0 Å². The molecule has 3 aromatic rings. The van der Waals surface area contributed by atoms with E-state index in [1.165, 1.54) is 17.7 Å². The molecule has 2 aromatic heterocycles. The normalized spacial score (nSPS) is 19.6. The molecule has 0 N–H and O–H groups in total. The van der Waals surface area contributed by atoms with E-state index >= 15 is 0 Å². The molecule has 2 aliphatic rings. The Balaban J connectivity index is 1.52. The molecule has 0 unspecified atom stereocenters. The van der Waals surface area contributed by atoms with Gasteiger partial charge < -0.3 is 18.8 Å². The van der Waals surface area contributed by atoms with Crippen molar-refractivity contribution in [3.8, 4) is 11.1 Å². The molecule has 202 valence electrons. The van der Waals surface area contributed by atoms with Crippen LogP contribution in [0.15, 0.2) is 36.7 Å². The van der Waals surface area contributed by atoms with E-state index in [9.17, 15) is 14.0 Å². The summed E-state index contributed by atoms with van der Waals surface area (Å²) in [6.07, 6.45) is 6.43. The molecule has 38 heavy (non-hydrogen) atoms. The number of benzene rings is 1. The average Bonchev–Trinajstić information content (AvgIpc) is 3.25. The maximum atomic E-state index is 14.5. The Bertz CT molecular complexity index is 1330. The number of morpholine rings is 1. The van der Waals surface area contributed by atoms with Crippen LogP contribution in [-0.4, -0.2) is 76.3 Å². The zero-order chi connectivity index (χ0) is 27.0. The minimum absolute atomic E-state index is 0.0787. The summed E-state index contributed by atoms with van der Waals surface area (Å²) in [7, 11) is 0. The third-order valence-electron chi connectivity index (χ3n) is 8.18. The lowest BCUT2D eigenvalue weighted by Crippen LogP contribution is -2.52. The largest absolute Gasteiger partial charge is 0.377 e. The van der Waals surface area contributed by atoms with Gasteiger partial charge in [-0.1, -0.05) is 19.9 Å². The Morgan fingerprint density at radius 2 is 2.03 bits per heavy atom. The molecule has 8 heteroatoms. The number of amides is 1. The Morgan fingerprint density at radius 3 is 2.74 bits per heavy atom. The summed E-state index contributed by atoms with van der Waals surface area (Å²) in [5.41, 5.74) is 4.02. The lowest BCUT2D eigenvalue weighted by Gasteiger charge is -2.46. The van der Waals surface area contributed by atoms with Crippen LogP contribution in [0.2, 0.25) is 0 Å². The van der Waals surface area contributed by atoms with Crippen LogP contribution < -0.4 is 0 Å². The Labute approximate surface area is 223 Å². The fraction of sp³-hybridized carbons (Fsp3) is 0.500. The van der Waals surface area contributed by atoms with Gasteiger partial charge >= 0.3 is 0 Å². The number of aldehydes is 1. The SMILES string of the molecule is Cc1ncc2c(-c3ccc(F)cc3C(=O)N3CCOC[C@H]3C)cc(C3CN([C@H](CCC=O)C(C)C)C3)cn12. The molecule has 0 aliphatic carbocycles. The number of fused-ring (bicyclic) bond motifs is 1. The van der Waals surface area contributed by atoms with Gasteiger partial charge in [-0.25, -0.2) is 9.37 Å². The third kappa shape index (κ3) is 4.99. The molecule has 2 saturated heterocycles. The molecule has 7 nitrogen and oxygen atoms in total. The number of nitrogens with zero attached hydrogens (tertiary/aromatic N) is 4. The molecule has 4 heterocycles. The summed E-state index contributed by atoms with van der Waals surface area (Å²) in [6, 6.07) is 6.96. The van der Waals surface area contributed by atoms with Crippen LogP contribution in [0.1, 0.15) is 61.3 Å². The van der Waals surface area contributed by atoms with Crippen molar-refractivity contribution in [2.75, 3.05) is 32.8 Å². The lowest BCUT2D eigenvalue weighted by atomic mass is 9.85. The second-order valence-electron chi connectivity index (χ2n) is 11.1. The van der Waals surface area contributed by atoms with E-state index < -0.39 is 5.82 Å². The number of aryl methyl sites for hydroxylation is 1. The van der Waals surface area contributed by atoms with Crippen LogP contribution in [0.4, 0.5) is 4.39 Å². The predicted octanol–water partition coefficient (Wildman–Crippen LogP) is 4.71.